The Morgan fingerprint density at radius 3 is 2.58 bits per heavy atom. The molecule has 0 aliphatic carbocycles. The standard InChI is InChI=1S/C15H13N3O/c16-11-7-5-10(6-8-11)9-14-17-13-4-2-1-3-12(13)15(19)18-14/h1-8H,9,16H2,(H,17,18,19). The molecule has 3 aromatic rings. The van der Waals surface area contributed by atoms with Gasteiger partial charge in [-0.25, -0.2) is 4.98 Å². The summed E-state index contributed by atoms with van der Waals surface area (Å²) < 4.78 is 0. The smallest absolute Gasteiger partial charge is 0.258 e. The summed E-state index contributed by atoms with van der Waals surface area (Å²) in [6.45, 7) is 0. The number of aromatic nitrogens is 2. The van der Waals surface area contributed by atoms with Crippen molar-refractivity contribution in [1.82, 2.24) is 9.97 Å². The summed E-state index contributed by atoms with van der Waals surface area (Å²) in [5.74, 6) is 0.661. The van der Waals surface area contributed by atoms with Gasteiger partial charge in [0.05, 0.1) is 10.9 Å². The molecule has 4 nitrogen and oxygen atoms in total. The highest BCUT2D eigenvalue weighted by Gasteiger charge is 2.04. The molecule has 1 heterocycles. The number of hydrogen-bond acceptors (Lipinski definition) is 3. The fourth-order valence-corrected chi connectivity index (χ4v) is 2.05. The minimum absolute atomic E-state index is 0.101. The van der Waals surface area contributed by atoms with E-state index >= 15 is 0 Å². The zero-order valence-electron chi connectivity index (χ0n) is 10.3. The fourth-order valence-electron chi connectivity index (χ4n) is 2.05. The maximum absolute atomic E-state index is 11.9. The number of anilines is 1. The summed E-state index contributed by atoms with van der Waals surface area (Å²) >= 11 is 0. The summed E-state index contributed by atoms with van der Waals surface area (Å²) in [6.07, 6.45) is 0.584. The largest absolute Gasteiger partial charge is 0.399 e. The van der Waals surface area contributed by atoms with Crippen LogP contribution in [0.1, 0.15) is 11.4 Å². The maximum Gasteiger partial charge on any atom is 0.258 e. The minimum atomic E-state index is -0.101. The van der Waals surface area contributed by atoms with Gasteiger partial charge in [-0.05, 0) is 29.8 Å². The molecular weight excluding hydrogens is 238 g/mol. The second-order valence-electron chi connectivity index (χ2n) is 4.45. The third kappa shape index (κ3) is 2.33. The molecule has 19 heavy (non-hydrogen) atoms. The quantitative estimate of drug-likeness (QED) is 0.685. The topological polar surface area (TPSA) is 71.8 Å². The first kappa shape index (κ1) is 11.5. The van der Waals surface area contributed by atoms with Crippen molar-refractivity contribution in [2.24, 2.45) is 0 Å². The number of nitrogen functional groups attached to an aromatic ring is 1. The van der Waals surface area contributed by atoms with Crippen molar-refractivity contribution >= 4 is 16.6 Å². The second-order valence-corrected chi connectivity index (χ2v) is 4.45. The highest BCUT2D eigenvalue weighted by molar-refractivity contribution is 5.77. The molecule has 0 atom stereocenters. The van der Waals surface area contributed by atoms with Gasteiger partial charge in [0.1, 0.15) is 5.82 Å². The summed E-state index contributed by atoms with van der Waals surface area (Å²) in [5, 5.41) is 0.614. The lowest BCUT2D eigenvalue weighted by Gasteiger charge is -2.03. The van der Waals surface area contributed by atoms with Crippen molar-refractivity contribution in [3.8, 4) is 0 Å². The number of hydrogen-bond donors (Lipinski definition) is 2. The summed E-state index contributed by atoms with van der Waals surface area (Å²) in [5.41, 5.74) is 8.05. The van der Waals surface area contributed by atoms with Crippen LogP contribution in [0.4, 0.5) is 5.69 Å². The first-order valence-corrected chi connectivity index (χ1v) is 6.05. The number of benzene rings is 2. The monoisotopic (exact) mass is 251 g/mol. The summed E-state index contributed by atoms with van der Waals surface area (Å²) in [4.78, 5) is 19.2. The average Bonchev–Trinajstić information content (AvgIpc) is 2.42. The van der Waals surface area contributed by atoms with Gasteiger partial charge in [0.2, 0.25) is 0 Å². The lowest BCUT2D eigenvalue weighted by atomic mass is 10.1. The number of nitrogens with two attached hydrogens (primary N) is 1. The molecule has 0 spiro atoms. The molecule has 0 aliphatic heterocycles. The van der Waals surface area contributed by atoms with Crippen LogP contribution < -0.4 is 11.3 Å². The van der Waals surface area contributed by atoms with Crippen LogP contribution in [-0.4, -0.2) is 9.97 Å². The number of rotatable bonds is 2. The van der Waals surface area contributed by atoms with Crippen LogP contribution in [0, 0.1) is 0 Å². The molecule has 94 valence electrons. The van der Waals surface area contributed by atoms with E-state index in [1.54, 1.807) is 6.07 Å². The van der Waals surface area contributed by atoms with Crippen LogP contribution in [0.5, 0.6) is 0 Å². The number of H-pyrrole nitrogens is 1. The van der Waals surface area contributed by atoms with Crippen LogP contribution in [0.15, 0.2) is 53.3 Å². The van der Waals surface area contributed by atoms with Crippen LogP contribution in [0.25, 0.3) is 10.9 Å². The van der Waals surface area contributed by atoms with Crippen LogP contribution >= 0.6 is 0 Å². The van der Waals surface area contributed by atoms with Gasteiger partial charge in [-0.2, -0.15) is 0 Å². The Bertz CT molecular complexity index is 775. The Balaban J connectivity index is 2.01. The van der Waals surface area contributed by atoms with Crippen LogP contribution in [-0.2, 0) is 6.42 Å². The summed E-state index contributed by atoms with van der Waals surface area (Å²) in [7, 11) is 0. The number of nitrogens with one attached hydrogen (secondary N) is 1. The molecule has 1 aromatic heterocycles. The van der Waals surface area contributed by atoms with Crippen molar-refractivity contribution in [2.45, 2.75) is 6.42 Å². The van der Waals surface area contributed by atoms with Gasteiger partial charge >= 0.3 is 0 Å². The van der Waals surface area contributed by atoms with E-state index in [2.05, 4.69) is 9.97 Å². The van der Waals surface area contributed by atoms with E-state index in [0.717, 1.165) is 16.8 Å². The van der Waals surface area contributed by atoms with E-state index < -0.39 is 0 Å². The Morgan fingerprint density at radius 2 is 1.79 bits per heavy atom. The zero-order chi connectivity index (χ0) is 13.2. The number of fused-ring (bicyclic) bond motifs is 1. The van der Waals surface area contributed by atoms with Crippen molar-refractivity contribution in [2.75, 3.05) is 5.73 Å². The van der Waals surface area contributed by atoms with E-state index in [-0.39, 0.29) is 5.56 Å². The molecule has 4 heteroatoms. The molecule has 0 radical (unpaired) electrons. The normalized spacial score (nSPS) is 10.7. The van der Waals surface area contributed by atoms with Gasteiger partial charge in [0, 0.05) is 12.1 Å². The van der Waals surface area contributed by atoms with E-state index in [1.165, 1.54) is 0 Å². The van der Waals surface area contributed by atoms with E-state index in [4.69, 9.17) is 5.73 Å². The molecule has 0 saturated carbocycles. The predicted molar refractivity (Wildman–Crippen MR) is 76.0 cm³/mol. The van der Waals surface area contributed by atoms with E-state index in [1.807, 2.05) is 42.5 Å². The van der Waals surface area contributed by atoms with Crippen molar-refractivity contribution in [1.29, 1.82) is 0 Å². The number of para-hydroxylation sites is 1. The predicted octanol–water partition coefficient (Wildman–Crippen LogP) is 2.10. The molecule has 2 aromatic carbocycles. The molecular formula is C15H13N3O. The van der Waals surface area contributed by atoms with Crippen molar-refractivity contribution in [3.63, 3.8) is 0 Å². The van der Waals surface area contributed by atoms with Gasteiger partial charge in [-0.3, -0.25) is 4.79 Å². The lowest BCUT2D eigenvalue weighted by molar-refractivity contribution is 0.973. The fraction of sp³-hybridized carbons (Fsp3) is 0.0667. The summed E-state index contributed by atoms with van der Waals surface area (Å²) in [6, 6.07) is 14.9. The van der Waals surface area contributed by atoms with Crippen LogP contribution in [0.3, 0.4) is 0 Å². The Labute approximate surface area is 109 Å². The zero-order valence-corrected chi connectivity index (χ0v) is 10.3. The van der Waals surface area contributed by atoms with Gasteiger partial charge in [-0.15, -0.1) is 0 Å². The van der Waals surface area contributed by atoms with Crippen molar-refractivity contribution < 1.29 is 0 Å². The molecule has 0 fully saturated rings. The van der Waals surface area contributed by atoms with Gasteiger partial charge in [0.25, 0.3) is 5.56 Å². The molecule has 0 saturated heterocycles. The highest BCUT2D eigenvalue weighted by atomic mass is 16.1. The molecule has 0 unspecified atom stereocenters. The highest BCUT2D eigenvalue weighted by Crippen LogP contribution is 2.11. The first-order chi connectivity index (χ1) is 9.22. The third-order valence-corrected chi connectivity index (χ3v) is 3.01. The molecule has 0 bridgehead atoms. The second kappa shape index (κ2) is 4.57. The van der Waals surface area contributed by atoms with Gasteiger partial charge in [0.15, 0.2) is 0 Å². The Morgan fingerprint density at radius 1 is 1.05 bits per heavy atom. The Hall–Kier alpha value is -2.62. The van der Waals surface area contributed by atoms with Crippen LogP contribution in [0.2, 0.25) is 0 Å². The van der Waals surface area contributed by atoms with E-state index in [0.29, 0.717) is 17.6 Å². The average molecular weight is 251 g/mol. The molecule has 0 aliphatic rings. The molecule has 3 rings (SSSR count). The minimum Gasteiger partial charge on any atom is -0.399 e. The third-order valence-electron chi connectivity index (χ3n) is 3.01. The first-order valence-electron chi connectivity index (χ1n) is 6.05. The van der Waals surface area contributed by atoms with Gasteiger partial charge in [-0.1, -0.05) is 24.3 Å². The lowest BCUT2D eigenvalue weighted by Crippen LogP contribution is -2.12. The van der Waals surface area contributed by atoms with Gasteiger partial charge < -0.3 is 10.7 Å². The molecule has 3 N–H and O–H groups in total. The maximum atomic E-state index is 11.9. The SMILES string of the molecule is Nc1ccc(Cc2nc3ccccc3c(=O)[nH]2)cc1. The number of aromatic amines is 1. The number of nitrogens with zero attached hydrogens (tertiary/aromatic N) is 1. The van der Waals surface area contributed by atoms with Crippen molar-refractivity contribution in [3.05, 3.63) is 70.3 Å². The Kier molecular flexibility index (Phi) is 2.76. The van der Waals surface area contributed by atoms with E-state index in [9.17, 15) is 4.79 Å². The molecule has 0 amide bonds.